The van der Waals surface area contributed by atoms with Gasteiger partial charge in [-0.05, 0) is 30.3 Å². The highest BCUT2D eigenvalue weighted by Gasteiger charge is 2.18. The number of carboxylic acids is 1. The Kier molecular flexibility index (Phi) is 5.04. The van der Waals surface area contributed by atoms with E-state index in [4.69, 9.17) is 9.47 Å². The molecule has 2 amide bonds. The van der Waals surface area contributed by atoms with Gasteiger partial charge in [0.15, 0.2) is 11.5 Å². The van der Waals surface area contributed by atoms with Gasteiger partial charge in [-0.25, -0.2) is 0 Å². The summed E-state index contributed by atoms with van der Waals surface area (Å²) >= 11 is 0. The van der Waals surface area contributed by atoms with E-state index in [-0.39, 0.29) is 29.2 Å². The lowest BCUT2D eigenvalue weighted by Crippen LogP contribution is -2.26. The Balaban J connectivity index is 1.56. The summed E-state index contributed by atoms with van der Waals surface area (Å²) in [6.07, 6.45) is 0. The van der Waals surface area contributed by atoms with Gasteiger partial charge in [0.05, 0.1) is 17.2 Å². The fourth-order valence-electron chi connectivity index (χ4n) is 3.01. The van der Waals surface area contributed by atoms with E-state index in [1.165, 1.54) is 18.2 Å². The SMILES string of the molecule is O=C(Nc1ccc2c(c1)OCO2)c1ccccc1NC(=O)c1ccccc1C(=O)[O-]. The minimum Gasteiger partial charge on any atom is -0.545 e. The van der Waals surface area contributed by atoms with Gasteiger partial charge in [-0.2, -0.15) is 0 Å². The first kappa shape index (κ1) is 19.0. The Hall–Kier alpha value is -4.33. The number of carboxylic acid groups (broad SMARTS) is 1. The van der Waals surface area contributed by atoms with Gasteiger partial charge in [-0.3, -0.25) is 9.59 Å². The van der Waals surface area contributed by atoms with Gasteiger partial charge < -0.3 is 30.0 Å². The number of amides is 2. The number of anilines is 2. The maximum absolute atomic E-state index is 12.8. The minimum absolute atomic E-state index is 0.0662. The normalized spacial score (nSPS) is 11.6. The molecule has 4 rings (SSSR count). The minimum atomic E-state index is -1.46. The first-order valence-corrected chi connectivity index (χ1v) is 8.94. The number of carbonyl (C=O) groups excluding carboxylic acids is 3. The molecule has 8 heteroatoms. The zero-order valence-electron chi connectivity index (χ0n) is 15.5. The monoisotopic (exact) mass is 403 g/mol. The van der Waals surface area contributed by atoms with E-state index in [1.54, 1.807) is 48.5 Å². The van der Waals surface area contributed by atoms with Crippen LogP contribution in [0.2, 0.25) is 0 Å². The molecule has 1 aliphatic heterocycles. The van der Waals surface area contributed by atoms with Crippen LogP contribution in [0.1, 0.15) is 31.1 Å². The van der Waals surface area contributed by atoms with Gasteiger partial charge >= 0.3 is 0 Å². The second-order valence-electron chi connectivity index (χ2n) is 6.35. The molecule has 0 fully saturated rings. The molecule has 0 aliphatic carbocycles. The molecule has 0 saturated carbocycles. The number of para-hydroxylation sites is 1. The van der Waals surface area contributed by atoms with Crippen LogP contribution in [0.15, 0.2) is 66.7 Å². The number of aromatic carboxylic acids is 1. The largest absolute Gasteiger partial charge is 0.545 e. The van der Waals surface area contributed by atoms with Crippen LogP contribution in [0.4, 0.5) is 11.4 Å². The van der Waals surface area contributed by atoms with Crippen LogP contribution in [0, 0.1) is 0 Å². The Morgan fingerprint density at radius 3 is 2.13 bits per heavy atom. The smallest absolute Gasteiger partial charge is 0.257 e. The molecular weight excluding hydrogens is 388 g/mol. The molecule has 0 unspecified atom stereocenters. The predicted octanol–water partition coefficient (Wildman–Crippen LogP) is 2.28. The summed E-state index contributed by atoms with van der Waals surface area (Å²) in [5, 5.41) is 16.6. The number of carbonyl (C=O) groups is 3. The van der Waals surface area contributed by atoms with Crippen molar-refractivity contribution >= 4 is 29.2 Å². The summed E-state index contributed by atoms with van der Waals surface area (Å²) in [7, 11) is 0. The fourth-order valence-corrected chi connectivity index (χ4v) is 3.01. The molecule has 1 aliphatic rings. The molecular formula is C22H15N2O6-. The van der Waals surface area contributed by atoms with E-state index in [2.05, 4.69) is 10.6 Å². The second-order valence-corrected chi connectivity index (χ2v) is 6.35. The van der Waals surface area contributed by atoms with Crippen molar-refractivity contribution in [2.24, 2.45) is 0 Å². The number of hydrogen-bond donors (Lipinski definition) is 2. The van der Waals surface area contributed by atoms with Gasteiger partial charge in [0.25, 0.3) is 11.8 Å². The maximum Gasteiger partial charge on any atom is 0.257 e. The highest BCUT2D eigenvalue weighted by atomic mass is 16.7. The van der Waals surface area contributed by atoms with Crippen LogP contribution >= 0.6 is 0 Å². The molecule has 0 aromatic heterocycles. The van der Waals surface area contributed by atoms with Crippen LogP contribution in [0.3, 0.4) is 0 Å². The molecule has 3 aromatic carbocycles. The summed E-state index contributed by atoms with van der Waals surface area (Å²) in [4.78, 5) is 36.7. The van der Waals surface area contributed by atoms with Crippen LogP contribution in [-0.4, -0.2) is 24.6 Å². The van der Waals surface area contributed by atoms with Crippen LogP contribution in [0.5, 0.6) is 11.5 Å². The van der Waals surface area contributed by atoms with Crippen molar-refractivity contribution in [3.05, 3.63) is 83.4 Å². The summed E-state index contributed by atoms with van der Waals surface area (Å²) in [6.45, 7) is 0.120. The average molecular weight is 403 g/mol. The molecule has 0 spiro atoms. The number of rotatable bonds is 5. The van der Waals surface area contributed by atoms with Gasteiger partial charge in [-0.15, -0.1) is 0 Å². The van der Waals surface area contributed by atoms with E-state index >= 15 is 0 Å². The zero-order valence-corrected chi connectivity index (χ0v) is 15.5. The number of hydrogen-bond acceptors (Lipinski definition) is 6. The fraction of sp³-hybridized carbons (Fsp3) is 0.0455. The van der Waals surface area contributed by atoms with Gasteiger partial charge in [0.1, 0.15) is 0 Å². The molecule has 3 aromatic rings. The summed E-state index contributed by atoms with van der Waals surface area (Å²) < 4.78 is 10.5. The maximum atomic E-state index is 12.8. The molecule has 2 N–H and O–H groups in total. The second kappa shape index (κ2) is 7.96. The van der Waals surface area contributed by atoms with E-state index in [9.17, 15) is 19.5 Å². The number of benzene rings is 3. The van der Waals surface area contributed by atoms with Gasteiger partial charge in [0, 0.05) is 22.9 Å². The molecule has 150 valence electrons. The topological polar surface area (TPSA) is 117 Å². The van der Waals surface area contributed by atoms with Crippen molar-refractivity contribution in [3.8, 4) is 11.5 Å². The summed E-state index contributed by atoms with van der Waals surface area (Å²) in [6, 6.07) is 17.1. The first-order valence-electron chi connectivity index (χ1n) is 8.94. The predicted molar refractivity (Wildman–Crippen MR) is 106 cm³/mol. The Bertz CT molecular complexity index is 1160. The van der Waals surface area contributed by atoms with Crippen molar-refractivity contribution in [1.82, 2.24) is 0 Å². The lowest BCUT2D eigenvalue weighted by molar-refractivity contribution is -0.255. The third kappa shape index (κ3) is 3.79. The Morgan fingerprint density at radius 2 is 1.37 bits per heavy atom. The Labute approximate surface area is 171 Å². The summed E-state index contributed by atoms with van der Waals surface area (Å²) in [5.74, 6) is -1.48. The lowest BCUT2D eigenvalue weighted by Gasteiger charge is -2.14. The van der Waals surface area contributed by atoms with Gasteiger partial charge in [-0.1, -0.05) is 30.3 Å². The molecule has 0 saturated heterocycles. The zero-order chi connectivity index (χ0) is 21.1. The molecule has 8 nitrogen and oxygen atoms in total. The molecule has 0 radical (unpaired) electrons. The highest BCUT2D eigenvalue weighted by molar-refractivity contribution is 6.14. The number of ether oxygens (including phenoxy) is 2. The molecule has 0 bridgehead atoms. The Morgan fingerprint density at radius 1 is 0.733 bits per heavy atom. The number of fused-ring (bicyclic) bond motifs is 1. The lowest BCUT2D eigenvalue weighted by atomic mass is 10.1. The summed E-state index contributed by atoms with van der Waals surface area (Å²) in [5.41, 5.74) is 0.622. The first-order chi connectivity index (χ1) is 14.5. The van der Waals surface area contributed by atoms with E-state index in [0.717, 1.165) is 0 Å². The third-order valence-corrected chi connectivity index (χ3v) is 4.44. The van der Waals surface area contributed by atoms with Crippen molar-refractivity contribution in [2.75, 3.05) is 17.4 Å². The molecule has 1 heterocycles. The molecule has 30 heavy (non-hydrogen) atoms. The molecule has 0 atom stereocenters. The standard InChI is InChI=1S/C22H16N2O6/c25-20(14-5-1-2-6-15(14)22(27)28)24-17-8-4-3-7-16(17)21(26)23-13-9-10-18-19(11-13)30-12-29-18/h1-11H,12H2,(H,23,26)(H,24,25)(H,27,28)/p-1. The third-order valence-electron chi connectivity index (χ3n) is 4.44. The average Bonchev–Trinajstić information content (AvgIpc) is 3.22. The van der Waals surface area contributed by atoms with Crippen molar-refractivity contribution < 1.29 is 29.0 Å². The van der Waals surface area contributed by atoms with E-state index in [1.807, 2.05) is 0 Å². The van der Waals surface area contributed by atoms with Gasteiger partial charge in [0.2, 0.25) is 6.79 Å². The van der Waals surface area contributed by atoms with Crippen LogP contribution in [0.25, 0.3) is 0 Å². The highest BCUT2D eigenvalue weighted by Crippen LogP contribution is 2.34. The van der Waals surface area contributed by atoms with Crippen molar-refractivity contribution in [3.63, 3.8) is 0 Å². The van der Waals surface area contributed by atoms with Crippen LogP contribution in [-0.2, 0) is 0 Å². The van der Waals surface area contributed by atoms with E-state index < -0.39 is 17.8 Å². The van der Waals surface area contributed by atoms with Crippen molar-refractivity contribution in [1.29, 1.82) is 0 Å². The van der Waals surface area contributed by atoms with Crippen LogP contribution < -0.4 is 25.2 Å². The van der Waals surface area contributed by atoms with E-state index in [0.29, 0.717) is 17.2 Å². The van der Waals surface area contributed by atoms with Crippen molar-refractivity contribution in [2.45, 2.75) is 0 Å². The quantitative estimate of drug-likeness (QED) is 0.675. The number of nitrogens with one attached hydrogen (secondary N) is 2.